The molecule has 0 saturated carbocycles. The molecule has 0 spiro atoms. The van der Waals surface area contributed by atoms with Gasteiger partial charge in [-0.05, 0) is 36.2 Å². The average molecular weight is 232 g/mol. The van der Waals surface area contributed by atoms with Crippen molar-refractivity contribution in [3.63, 3.8) is 0 Å². The van der Waals surface area contributed by atoms with Crippen LogP contribution in [0, 0.1) is 11.6 Å². The van der Waals surface area contributed by atoms with Crippen LogP contribution in [0.1, 0.15) is 32.1 Å². The van der Waals surface area contributed by atoms with Crippen LogP contribution in [0.25, 0.3) is 10.8 Å². The van der Waals surface area contributed by atoms with E-state index < -0.39 is 0 Å². The fourth-order valence-corrected chi connectivity index (χ4v) is 2.31. The molecule has 0 aliphatic rings. The third kappa shape index (κ3) is 1.78. The van der Waals surface area contributed by atoms with Crippen molar-refractivity contribution in [2.24, 2.45) is 0 Å². The molecule has 0 fully saturated rings. The Balaban J connectivity index is 2.92. The molecule has 1 nitrogen and oxygen atoms in total. The summed E-state index contributed by atoms with van der Waals surface area (Å²) in [5.41, 5.74) is 1.18. The number of hydrogen-bond acceptors (Lipinski definition) is 2. The first-order valence-electron chi connectivity index (χ1n) is 5.44. The molecule has 0 aliphatic carbocycles. The van der Waals surface area contributed by atoms with Gasteiger partial charge in [-0.1, -0.05) is 39.0 Å². The molecule has 1 aromatic carbocycles. The third-order valence-corrected chi connectivity index (χ3v) is 3.07. The van der Waals surface area contributed by atoms with Crippen LogP contribution in [0.4, 0.5) is 0 Å². The topological polar surface area (TPSA) is 13.1 Å². The second-order valence-electron chi connectivity index (χ2n) is 5.14. The number of fused-ring (bicyclic) bond motifs is 1. The zero-order valence-corrected chi connectivity index (χ0v) is 10.9. The minimum absolute atomic E-state index is 0.0122. The van der Waals surface area contributed by atoms with Gasteiger partial charge >= 0.3 is 0 Å². The minimum Gasteiger partial charge on any atom is -0.449 e. The predicted molar refractivity (Wildman–Crippen MR) is 70.5 cm³/mol. The first kappa shape index (κ1) is 11.3. The fourth-order valence-electron chi connectivity index (χ4n) is 2.05. The summed E-state index contributed by atoms with van der Waals surface area (Å²) >= 11 is 5.30. The second kappa shape index (κ2) is 3.70. The largest absolute Gasteiger partial charge is 0.449 e. The SMILES string of the molecule is Cc1c(C(C)(C)C)oc(=S)c2ccccc12. The maximum absolute atomic E-state index is 5.80. The van der Waals surface area contributed by atoms with Crippen molar-refractivity contribution < 1.29 is 4.42 Å². The highest BCUT2D eigenvalue weighted by Crippen LogP contribution is 2.31. The summed E-state index contributed by atoms with van der Waals surface area (Å²) in [4.78, 5) is 0. The zero-order valence-electron chi connectivity index (χ0n) is 10.1. The lowest BCUT2D eigenvalue weighted by Crippen LogP contribution is -2.13. The average Bonchev–Trinajstić information content (AvgIpc) is 2.22. The molecule has 0 N–H and O–H groups in total. The molecule has 1 heterocycles. The molecule has 0 radical (unpaired) electrons. The van der Waals surface area contributed by atoms with Crippen LogP contribution in [0.15, 0.2) is 28.7 Å². The smallest absolute Gasteiger partial charge is 0.198 e. The Labute approximate surface area is 101 Å². The summed E-state index contributed by atoms with van der Waals surface area (Å²) < 4.78 is 6.39. The first-order chi connectivity index (χ1) is 7.41. The van der Waals surface area contributed by atoms with E-state index in [1.165, 1.54) is 10.9 Å². The van der Waals surface area contributed by atoms with E-state index in [1.807, 2.05) is 18.2 Å². The molecule has 0 bridgehead atoms. The number of hydrogen-bond donors (Lipinski definition) is 0. The van der Waals surface area contributed by atoms with Gasteiger partial charge in [0.1, 0.15) is 5.76 Å². The van der Waals surface area contributed by atoms with Crippen molar-refractivity contribution >= 4 is 23.0 Å². The summed E-state index contributed by atoms with van der Waals surface area (Å²) in [7, 11) is 0. The Kier molecular flexibility index (Phi) is 2.62. The molecule has 0 saturated heterocycles. The van der Waals surface area contributed by atoms with Crippen LogP contribution < -0.4 is 0 Å². The van der Waals surface area contributed by atoms with E-state index in [0.29, 0.717) is 4.71 Å². The van der Waals surface area contributed by atoms with Gasteiger partial charge in [0.2, 0.25) is 0 Å². The predicted octanol–water partition coefficient (Wildman–Crippen LogP) is 4.77. The third-order valence-electron chi connectivity index (χ3n) is 2.77. The molecule has 0 unspecified atom stereocenters. The van der Waals surface area contributed by atoms with E-state index in [4.69, 9.17) is 16.6 Å². The summed E-state index contributed by atoms with van der Waals surface area (Å²) in [6.07, 6.45) is 0. The Hall–Kier alpha value is -1.15. The number of benzene rings is 1. The van der Waals surface area contributed by atoms with Crippen molar-refractivity contribution in [2.45, 2.75) is 33.1 Å². The van der Waals surface area contributed by atoms with Crippen LogP contribution in [-0.4, -0.2) is 0 Å². The van der Waals surface area contributed by atoms with Gasteiger partial charge in [-0.25, -0.2) is 0 Å². The quantitative estimate of drug-likeness (QED) is 0.607. The number of aryl methyl sites for hydroxylation is 1. The van der Waals surface area contributed by atoms with E-state index in [-0.39, 0.29) is 5.41 Å². The van der Waals surface area contributed by atoms with Crippen LogP contribution >= 0.6 is 12.2 Å². The summed E-state index contributed by atoms with van der Waals surface area (Å²) in [5.74, 6) is 0.983. The molecule has 0 aliphatic heterocycles. The van der Waals surface area contributed by atoms with E-state index in [0.717, 1.165) is 11.1 Å². The highest BCUT2D eigenvalue weighted by Gasteiger charge is 2.21. The van der Waals surface area contributed by atoms with Crippen LogP contribution in [0.2, 0.25) is 0 Å². The van der Waals surface area contributed by atoms with Crippen molar-refractivity contribution in [1.29, 1.82) is 0 Å². The van der Waals surface area contributed by atoms with E-state index in [1.54, 1.807) is 0 Å². The molecule has 2 rings (SSSR count). The highest BCUT2D eigenvalue weighted by atomic mass is 32.1. The molecule has 0 atom stereocenters. The molecule has 84 valence electrons. The van der Waals surface area contributed by atoms with Gasteiger partial charge in [0.25, 0.3) is 0 Å². The minimum atomic E-state index is -0.0122. The maximum atomic E-state index is 5.80. The van der Waals surface area contributed by atoms with E-state index in [9.17, 15) is 0 Å². The molecule has 1 aromatic heterocycles. The van der Waals surface area contributed by atoms with Gasteiger partial charge in [-0.3, -0.25) is 0 Å². The summed E-state index contributed by atoms with van der Waals surface area (Å²) in [6.45, 7) is 8.52. The van der Waals surface area contributed by atoms with Gasteiger partial charge < -0.3 is 4.42 Å². The summed E-state index contributed by atoms with van der Waals surface area (Å²) in [5, 5.41) is 2.23. The van der Waals surface area contributed by atoms with E-state index >= 15 is 0 Å². The molecule has 16 heavy (non-hydrogen) atoms. The van der Waals surface area contributed by atoms with Crippen molar-refractivity contribution in [1.82, 2.24) is 0 Å². The lowest BCUT2D eigenvalue weighted by atomic mass is 9.88. The standard InChI is InChI=1S/C14H16OS/c1-9-10-7-5-6-8-11(10)13(16)15-12(9)14(2,3)4/h5-8H,1-4H3. The second-order valence-corrected chi connectivity index (χ2v) is 5.51. The highest BCUT2D eigenvalue weighted by molar-refractivity contribution is 7.71. The normalized spacial score (nSPS) is 12.0. The molecular formula is C14H16OS. The van der Waals surface area contributed by atoms with Crippen molar-refractivity contribution in [2.75, 3.05) is 0 Å². The fraction of sp³-hybridized carbons (Fsp3) is 0.357. The van der Waals surface area contributed by atoms with Gasteiger partial charge in [0.15, 0.2) is 4.71 Å². The van der Waals surface area contributed by atoms with Crippen LogP contribution in [-0.2, 0) is 5.41 Å². The lowest BCUT2D eigenvalue weighted by molar-refractivity contribution is 0.389. The first-order valence-corrected chi connectivity index (χ1v) is 5.85. The van der Waals surface area contributed by atoms with Gasteiger partial charge in [-0.15, -0.1) is 0 Å². The van der Waals surface area contributed by atoms with E-state index in [2.05, 4.69) is 33.8 Å². The molecule has 0 amide bonds. The zero-order chi connectivity index (χ0) is 11.9. The summed E-state index contributed by atoms with van der Waals surface area (Å²) in [6, 6.07) is 8.15. The Morgan fingerprint density at radius 2 is 1.62 bits per heavy atom. The lowest BCUT2D eigenvalue weighted by Gasteiger charge is -2.20. The van der Waals surface area contributed by atoms with Crippen molar-refractivity contribution in [3.8, 4) is 0 Å². The Morgan fingerprint density at radius 3 is 2.19 bits per heavy atom. The molecule has 2 aromatic rings. The Bertz CT molecular complexity index is 588. The number of rotatable bonds is 0. The monoisotopic (exact) mass is 232 g/mol. The Morgan fingerprint density at radius 1 is 1.06 bits per heavy atom. The van der Waals surface area contributed by atoms with Crippen molar-refractivity contribution in [3.05, 3.63) is 40.3 Å². The maximum Gasteiger partial charge on any atom is 0.198 e. The molecule has 2 heteroatoms. The van der Waals surface area contributed by atoms with Gasteiger partial charge in [0, 0.05) is 10.8 Å². The van der Waals surface area contributed by atoms with Crippen LogP contribution in [0.3, 0.4) is 0 Å². The van der Waals surface area contributed by atoms with Gasteiger partial charge in [0.05, 0.1) is 0 Å². The van der Waals surface area contributed by atoms with Gasteiger partial charge in [-0.2, -0.15) is 0 Å². The molecular weight excluding hydrogens is 216 g/mol. The van der Waals surface area contributed by atoms with Crippen LogP contribution in [0.5, 0.6) is 0 Å².